The number of piperidine rings is 1. The molecule has 2 aromatic rings. The molecule has 1 fully saturated rings. The molecule has 0 atom stereocenters. The van der Waals surface area contributed by atoms with Crippen LogP contribution in [0.3, 0.4) is 0 Å². The van der Waals surface area contributed by atoms with E-state index < -0.39 is 0 Å². The molecule has 0 bridgehead atoms. The average molecular weight is 406 g/mol. The van der Waals surface area contributed by atoms with Gasteiger partial charge in [-0.05, 0) is 50.4 Å². The quantitative estimate of drug-likeness (QED) is 0.793. The Morgan fingerprint density at radius 3 is 2.71 bits per heavy atom. The predicted molar refractivity (Wildman–Crippen MR) is 105 cm³/mol. The van der Waals surface area contributed by atoms with E-state index in [9.17, 15) is 4.79 Å². The van der Waals surface area contributed by atoms with Crippen LogP contribution in [0.5, 0.6) is 0 Å². The first-order valence-electron chi connectivity index (χ1n) is 7.69. The molecule has 1 aliphatic rings. The van der Waals surface area contributed by atoms with Gasteiger partial charge in [-0.3, -0.25) is 4.79 Å². The first-order valence-corrected chi connectivity index (χ1v) is 9.70. The standard InChI is InChI=1S/C16H20ClN3OS2.ClH/c1-10-13(23-15(20-10)11-3-4-12(17)22-11)14(21)19-9-16(2)5-7-18-8-6-16;/h3-4,18H,5-9H2,1-2H3,(H,19,21);1H. The van der Waals surface area contributed by atoms with E-state index in [4.69, 9.17) is 11.6 Å². The van der Waals surface area contributed by atoms with E-state index in [0.29, 0.717) is 11.4 Å². The lowest BCUT2D eigenvalue weighted by atomic mass is 9.81. The number of hydrogen-bond donors (Lipinski definition) is 2. The Bertz CT molecular complexity index is 708. The maximum absolute atomic E-state index is 12.5. The molecule has 1 saturated heterocycles. The summed E-state index contributed by atoms with van der Waals surface area (Å²) < 4.78 is 0.734. The van der Waals surface area contributed by atoms with Gasteiger partial charge in [-0.2, -0.15) is 0 Å². The topological polar surface area (TPSA) is 54.0 Å². The van der Waals surface area contributed by atoms with Crippen molar-refractivity contribution in [3.05, 3.63) is 27.0 Å². The summed E-state index contributed by atoms with van der Waals surface area (Å²) in [6.07, 6.45) is 2.18. The Morgan fingerprint density at radius 2 is 2.08 bits per heavy atom. The summed E-state index contributed by atoms with van der Waals surface area (Å²) in [4.78, 5) is 18.8. The largest absolute Gasteiger partial charge is 0.351 e. The van der Waals surface area contributed by atoms with Gasteiger partial charge in [-0.25, -0.2) is 4.98 Å². The molecule has 0 aliphatic carbocycles. The molecule has 1 aliphatic heterocycles. The number of amides is 1. The number of halogens is 2. The zero-order valence-corrected chi connectivity index (χ0v) is 16.9. The maximum atomic E-state index is 12.5. The first-order chi connectivity index (χ1) is 11.0. The van der Waals surface area contributed by atoms with Crippen molar-refractivity contribution >= 4 is 52.6 Å². The molecule has 0 radical (unpaired) electrons. The Morgan fingerprint density at radius 1 is 1.38 bits per heavy atom. The van der Waals surface area contributed by atoms with Crippen LogP contribution in [-0.2, 0) is 0 Å². The number of thiazole rings is 1. The Labute approximate surface area is 161 Å². The van der Waals surface area contributed by atoms with Gasteiger partial charge < -0.3 is 10.6 Å². The molecule has 0 spiro atoms. The average Bonchev–Trinajstić information content (AvgIpc) is 3.12. The van der Waals surface area contributed by atoms with Gasteiger partial charge in [-0.15, -0.1) is 35.1 Å². The summed E-state index contributed by atoms with van der Waals surface area (Å²) >= 11 is 8.90. The third kappa shape index (κ3) is 4.49. The summed E-state index contributed by atoms with van der Waals surface area (Å²) in [5, 5.41) is 7.32. The molecule has 1 amide bonds. The van der Waals surface area contributed by atoms with Crippen LogP contribution in [-0.4, -0.2) is 30.5 Å². The van der Waals surface area contributed by atoms with Gasteiger partial charge in [0.15, 0.2) is 0 Å². The molecule has 0 saturated carbocycles. The lowest BCUT2D eigenvalue weighted by Crippen LogP contribution is -2.42. The molecule has 3 rings (SSSR count). The van der Waals surface area contributed by atoms with Gasteiger partial charge in [0.05, 0.1) is 14.9 Å². The highest BCUT2D eigenvalue weighted by Gasteiger charge is 2.28. The third-order valence-electron chi connectivity index (χ3n) is 4.27. The lowest BCUT2D eigenvalue weighted by molar-refractivity contribution is 0.0925. The fourth-order valence-corrected chi connectivity index (χ4v) is 4.80. The summed E-state index contributed by atoms with van der Waals surface area (Å²) in [5.74, 6) is -0.0198. The Balaban J connectivity index is 0.00000208. The van der Waals surface area contributed by atoms with E-state index in [0.717, 1.165) is 45.8 Å². The van der Waals surface area contributed by atoms with Gasteiger partial charge >= 0.3 is 0 Å². The highest BCUT2D eigenvalue weighted by molar-refractivity contribution is 7.24. The second-order valence-corrected chi connectivity index (χ2v) is 8.99. The van der Waals surface area contributed by atoms with E-state index in [2.05, 4.69) is 22.5 Å². The number of nitrogens with one attached hydrogen (secondary N) is 2. The summed E-state index contributed by atoms with van der Waals surface area (Å²) in [6, 6.07) is 3.80. The first kappa shape index (κ1) is 19.7. The molecule has 2 N–H and O–H groups in total. The van der Waals surface area contributed by atoms with Crippen molar-refractivity contribution in [1.82, 2.24) is 15.6 Å². The highest BCUT2D eigenvalue weighted by Crippen LogP contribution is 2.35. The fourth-order valence-electron chi connectivity index (χ4n) is 2.72. The van der Waals surface area contributed by atoms with Crippen molar-refractivity contribution in [3.63, 3.8) is 0 Å². The van der Waals surface area contributed by atoms with E-state index >= 15 is 0 Å². The third-order valence-corrected chi connectivity index (χ3v) is 6.83. The predicted octanol–water partition coefficient (Wildman–Crippen LogP) is 4.37. The number of nitrogens with zero attached hydrogens (tertiary/aromatic N) is 1. The number of carbonyl (C=O) groups is 1. The maximum Gasteiger partial charge on any atom is 0.263 e. The van der Waals surface area contributed by atoms with Crippen molar-refractivity contribution < 1.29 is 4.79 Å². The van der Waals surface area contributed by atoms with Crippen LogP contribution < -0.4 is 10.6 Å². The van der Waals surface area contributed by atoms with E-state index in [1.807, 2.05) is 19.1 Å². The molecule has 8 heteroatoms. The Kier molecular flexibility index (Phi) is 6.67. The summed E-state index contributed by atoms with van der Waals surface area (Å²) in [6.45, 7) is 6.89. The number of aromatic nitrogens is 1. The van der Waals surface area contributed by atoms with Crippen molar-refractivity contribution in [2.45, 2.75) is 26.7 Å². The van der Waals surface area contributed by atoms with Gasteiger partial charge in [0.2, 0.25) is 0 Å². The highest BCUT2D eigenvalue weighted by atomic mass is 35.5. The van der Waals surface area contributed by atoms with Crippen LogP contribution in [0.2, 0.25) is 4.34 Å². The smallest absolute Gasteiger partial charge is 0.263 e. The summed E-state index contributed by atoms with van der Waals surface area (Å²) in [7, 11) is 0. The van der Waals surface area contributed by atoms with Crippen molar-refractivity contribution in [1.29, 1.82) is 0 Å². The van der Waals surface area contributed by atoms with Crippen LogP contribution in [0.1, 0.15) is 35.1 Å². The molecule has 0 unspecified atom stereocenters. The molecule has 3 heterocycles. The molecular formula is C16H21Cl2N3OS2. The molecule has 24 heavy (non-hydrogen) atoms. The number of thiophene rings is 1. The zero-order valence-electron chi connectivity index (χ0n) is 13.6. The monoisotopic (exact) mass is 405 g/mol. The van der Waals surface area contributed by atoms with Gasteiger partial charge in [0.25, 0.3) is 5.91 Å². The normalized spacial score (nSPS) is 16.5. The van der Waals surface area contributed by atoms with Crippen LogP contribution in [0.4, 0.5) is 0 Å². The van der Waals surface area contributed by atoms with Crippen LogP contribution in [0.15, 0.2) is 12.1 Å². The van der Waals surface area contributed by atoms with E-state index in [1.54, 1.807) is 0 Å². The minimum atomic E-state index is -0.0198. The lowest BCUT2D eigenvalue weighted by Gasteiger charge is -2.34. The number of hydrogen-bond acceptors (Lipinski definition) is 5. The molecular weight excluding hydrogens is 385 g/mol. The SMILES string of the molecule is Cc1nc(-c2ccc(Cl)s2)sc1C(=O)NCC1(C)CCNCC1.Cl. The molecule has 4 nitrogen and oxygen atoms in total. The minimum Gasteiger partial charge on any atom is -0.351 e. The summed E-state index contributed by atoms with van der Waals surface area (Å²) in [5.41, 5.74) is 0.964. The van der Waals surface area contributed by atoms with Crippen LogP contribution in [0, 0.1) is 12.3 Å². The van der Waals surface area contributed by atoms with Crippen molar-refractivity contribution in [2.75, 3.05) is 19.6 Å². The second kappa shape index (κ2) is 8.15. The number of carbonyl (C=O) groups excluding carboxylic acids is 1. The van der Waals surface area contributed by atoms with Crippen LogP contribution >= 0.6 is 46.7 Å². The zero-order chi connectivity index (χ0) is 16.4. The van der Waals surface area contributed by atoms with Crippen molar-refractivity contribution in [3.8, 4) is 9.88 Å². The van der Waals surface area contributed by atoms with Crippen LogP contribution in [0.25, 0.3) is 9.88 Å². The minimum absolute atomic E-state index is 0. The van der Waals surface area contributed by atoms with Gasteiger partial charge in [0, 0.05) is 6.54 Å². The second-order valence-electron chi connectivity index (χ2n) is 6.28. The molecule has 0 aromatic carbocycles. The Hall–Kier alpha value is -0.660. The van der Waals surface area contributed by atoms with Gasteiger partial charge in [-0.1, -0.05) is 18.5 Å². The van der Waals surface area contributed by atoms with E-state index in [1.165, 1.54) is 22.7 Å². The van der Waals surface area contributed by atoms with Crippen molar-refractivity contribution in [2.24, 2.45) is 5.41 Å². The van der Waals surface area contributed by atoms with E-state index in [-0.39, 0.29) is 23.7 Å². The molecule has 2 aromatic heterocycles. The van der Waals surface area contributed by atoms with Gasteiger partial charge in [0.1, 0.15) is 9.88 Å². The fraction of sp³-hybridized carbons (Fsp3) is 0.500. The molecule has 132 valence electrons. The number of rotatable bonds is 4. The number of aryl methyl sites for hydroxylation is 1.